The fourth-order valence-electron chi connectivity index (χ4n) is 2.82. The summed E-state index contributed by atoms with van der Waals surface area (Å²) in [5.41, 5.74) is 0. The maximum absolute atomic E-state index is 12.7. The van der Waals surface area contributed by atoms with E-state index in [9.17, 15) is 13.2 Å². The number of hydrogen-bond donors (Lipinski definition) is 0. The van der Waals surface area contributed by atoms with Crippen LogP contribution in [0.5, 0.6) is 0 Å². The van der Waals surface area contributed by atoms with Crippen LogP contribution in [0.2, 0.25) is 0 Å². The van der Waals surface area contributed by atoms with Crippen molar-refractivity contribution in [3.8, 4) is 0 Å². The summed E-state index contributed by atoms with van der Waals surface area (Å²) in [5, 5.41) is 3.65. The predicted octanol–water partition coefficient (Wildman–Crippen LogP) is 1.45. The minimum absolute atomic E-state index is 0.0371. The monoisotopic (exact) mass is 401 g/mol. The second-order valence-corrected chi connectivity index (χ2v) is 9.83. The molecule has 2 aromatic rings. The van der Waals surface area contributed by atoms with Gasteiger partial charge in [0.1, 0.15) is 16.2 Å². The molecule has 0 unspecified atom stereocenters. The number of fused-ring (bicyclic) bond motifs is 1. The number of hydrogen-bond acceptors (Lipinski definition) is 8. The van der Waals surface area contributed by atoms with Crippen LogP contribution in [0.25, 0.3) is 10.2 Å². The van der Waals surface area contributed by atoms with Gasteiger partial charge in [-0.05, 0) is 17.9 Å². The second kappa shape index (κ2) is 7.98. The molecule has 0 spiro atoms. The number of ether oxygens (including phenoxy) is 1. The molecule has 1 aliphatic rings. The van der Waals surface area contributed by atoms with Crippen molar-refractivity contribution in [2.75, 3.05) is 37.5 Å². The van der Waals surface area contributed by atoms with Crippen LogP contribution in [-0.4, -0.2) is 72.8 Å². The average molecular weight is 402 g/mol. The number of carbonyl (C=O) groups excluding carboxylic acids is 1. The zero-order chi connectivity index (χ0) is 17.9. The molecule has 0 radical (unpaired) electrons. The number of aromatic nitrogens is 2. The summed E-state index contributed by atoms with van der Waals surface area (Å²) in [6.07, 6.45) is 1.99. The molecular weight excluding hydrogens is 382 g/mol. The van der Waals surface area contributed by atoms with E-state index < -0.39 is 9.84 Å². The van der Waals surface area contributed by atoms with Gasteiger partial charge in [0.25, 0.3) is 0 Å². The van der Waals surface area contributed by atoms with Crippen molar-refractivity contribution < 1.29 is 17.9 Å². The number of thioether (sulfide) groups is 1. The van der Waals surface area contributed by atoms with Gasteiger partial charge in [-0.15, -0.1) is 11.3 Å². The Bertz CT molecular complexity index is 853. The number of amides is 1. The summed E-state index contributed by atoms with van der Waals surface area (Å²) in [7, 11) is -1.48. The molecule has 10 heteroatoms. The van der Waals surface area contributed by atoms with Gasteiger partial charge in [0.2, 0.25) is 5.91 Å². The first-order valence-corrected chi connectivity index (χ1v) is 11.5. The quantitative estimate of drug-likeness (QED) is 0.512. The lowest BCUT2D eigenvalue weighted by molar-refractivity contribution is -0.130. The minimum Gasteiger partial charge on any atom is -0.383 e. The van der Waals surface area contributed by atoms with Crippen molar-refractivity contribution in [3.63, 3.8) is 0 Å². The molecule has 25 heavy (non-hydrogen) atoms. The van der Waals surface area contributed by atoms with Gasteiger partial charge in [-0.1, -0.05) is 11.8 Å². The lowest BCUT2D eigenvalue weighted by Gasteiger charge is -2.28. The molecule has 7 nitrogen and oxygen atoms in total. The van der Waals surface area contributed by atoms with Gasteiger partial charge in [-0.25, -0.2) is 18.4 Å². The van der Waals surface area contributed by atoms with Crippen molar-refractivity contribution in [2.24, 2.45) is 0 Å². The molecular formula is C15H19N3O4S3. The summed E-state index contributed by atoms with van der Waals surface area (Å²) >= 11 is 2.89. The fourth-order valence-corrected chi connectivity index (χ4v) is 6.21. The highest BCUT2D eigenvalue weighted by molar-refractivity contribution is 8.00. The number of methoxy groups -OCH3 is 1. The highest BCUT2D eigenvalue weighted by Crippen LogP contribution is 2.28. The van der Waals surface area contributed by atoms with Crippen LogP contribution in [0.4, 0.5) is 0 Å². The third-order valence-electron chi connectivity index (χ3n) is 4.06. The standard InChI is InChI=1S/C15H19N3O4S3/c1-22-5-4-18(11-3-7-25(20,21)9-11)13(19)8-24-15-12-2-6-23-14(12)16-10-17-15/h2,6,10-11H,3-5,7-9H2,1H3/t11-/m0/s1. The Kier molecular flexibility index (Phi) is 5.92. The summed E-state index contributed by atoms with van der Waals surface area (Å²) in [5.74, 6) is 0.298. The summed E-state index contributed by atoms with van der Waals surface area (Å²) in [4.78, 5) is 23.7. The van der Waals surface area contributed by atoms with E-state index in [-0.39, 0.29) is 29.2 Å². The summed E-state index contributed by atoms with van der Waals surface area (Å²) in [6, 6.07) is 1.68. The summed E-state index contributed by atoms with van der Waals surface area (Å²) in [6.45, 7) is 0.781. The van der Waals surface area contributed by atoms with Crippen molar-refractivity contribution in [2.45, 2.75) is 17.5 Å². The highest BCUT2D eigenvalue weighted by Gasteiger charge is 2.34. The van der Waals surface area contributed by atoms with Gasteiger partial charge in [0, 0.05) is 25.1 Å². The van der Waals surface area contributed by atoms with Gasteiger partial charge in [-0.3, -0.25) is 4.79 Å². The molecule has 1 saturated heterocycles. The number of carbonyl (C=O) groups is 1. The molecule has 0 saturated carbocycles. The molecule has 1 aliphatic heterocycles. The van der Waals surface area contributed by atoms with Crippen molar-refractivity contribution in [3.05, 3.63) is 17.8 Å². The van der Waals surface area contributed by atoms with Gasteiger partial charge in [-0.2, -0.15) is 0 Å². The molecule has 1 fully saturated rings. The van der Waals surface area contributed by atoms with Crippen LogP contribution in [0.1, 0.15) is 6.42 Å². The van der Waals surface area contributed by atoms with Gasteiger partial charge >= 0.3 is 0 Å². The number of thiophene rings is 1. The van der Waals surface area contributed by atoms with E-state index in [0.29, 0.717) is 19.6 Å². The fraction of sp³-hybridized carbons (Fsp3) is 0.533. The Labute approximate surface area is 154 Å². The lowest BCUT2D eigenvalue weighted by atomic mass is 10.2. The first-order chi connectivity index (χ1) is 12.0. The lowest BCUT2D eigenvalue weighted by Crippen LogP contribution is -2.44. The Hall–Kier alpha value is -1.23. The van der Waals surface area contributed by atoms with Crippen LogP contribution in [0, 0.1) is 0 Å². The largest absolute Gasteiger partial charge is 0.383 e. The first-order valence-electron chi connectivity index (χ1n) is 7.80. The molecule has 2 aromatic heterocycles. The van der Waals surface area contributed by atoms with Crippen LogP contribution in [-0.2, 0) is 19.4 Å². The zero-order valence-corrected chi connectivity index (χ0v) is 16.2. The van der Waals surface area contributed by atoms with Crippen LogP contribution < -0.4 is 0 Å². The Morgan fingerprint density at radius 2 is 2.32 bits per heavy atom. The second-order valence-electron chi connectivity index (χ2n) is 5.74. The molecule has 0 aliphatic carbocycles. The third-order valence-corrected chi connectivity index (χ3v) is 7.62. The van der Waals surface area contributed by atoms with E-state index in [1.165, 1.54) is 29.4 Å². The van der Waals surface area contributed by atoms with Crippen LogP contribution in [0.3, 0.4) is 0 Å². The van der Waals surface area contributed by atoms with Crippen LogP contribution in [0.15, 0.2) is 22.8 Å². The first kappa shape index (κ1) is 18.6. The molecule has 0 bridgehead atoms. The molecule has 136 valence electrons. The molecule has 1 atom stereocenters. The summed E-state index contributed by atoms with van der Waals surface area (Å²) < 4.78 is 28.6. The predicted molar refractivity (Wildman–Crippen MR) is 98.8 cm³/mol. The smallest absolute Gasteiger partial charge is 0.233 e. The molecule has 3 rings (SSSR count). The third kappa shape index (κ3) is 4.49. The van der Waals surface area contributed by atoms with Gasteiger partial charge in [0.05, 0.1) is 23.9 Å². The van der Waals surface area contributed by atoms with E-state index in [1.54, 1.807) is 12.0 Å². The SMILES string of the molecule is COCCN(C(=O)CSc1ncnc2sccc12)[C@H]1CCS(=O)(=O)C1. The highest BCUT2D eigenvalue weighted by atomic mass is 32.2. The molecule has 1 amide bonds. The maximum atomic E-state index is 12.7. The van der Waals surface area contributed by atoms with Gasteiger partial charge in [0.15, 0.2) is 9.84 Å². The van der Waals surface area contributed by atoms with Crippen molar-refractivity contribution in [1.29, 1.82) is 0 Å². The number of nitrogens with zero attached hydrogens (tertiary/aromatic N) is 3. The van der Waals surface area contributed by atoms with E-state index >= 15 is 0 Å². The Morgan fingerprint density at radius 3 is 3.04 bits per heavy atom. The number of sulfone groups is 1. The van der Waals surface area contributed by atoms with Crippen molar-refractivity contribution >= 4 is 49.1 Å². The minimum atomic E-state index is -3.05. The normalized spacial score (nSPS) is 19.3. The average Bonchev–Trinajstić information content (AvgIpc) is 3.19. The Morgan fingerprint density at radius 1 is 1.48 bits per heavy atom. The van der Waals surface area contributed by atoms with E-state index in [0.717, 1.165) is 15.2 Å². The topological polar surface area (TPSA) is 89.5 Å². The van der Waals surface area contributed by atoms with Crippen molar-refractivity contribution in [1.82, 2.24) is 14.9 Å². The van der Waals surface area contributed by atoms with E-state index in [4.69, 9.17) is 4.74 Å². The molecule has 0 aromatic carbocycles. The van der Waals surface area contributed by atoms with E-state index in [1.807, 2.05) is 11.4 Å². The molecule has 3 heterocycles. The van der Waals surface area contributed by atoms with Gasteiger partial charge < -0.3 is 9.64 Å². The zero-order valence-electron chi connectivity index (χ0n) is 13.8. The van der Waals surface area contributed by atoms with Crippen LogP contribution >= 0.6 is 23.1 Å². The number of rotatable bonds is 7. The maximum Gasteiger partial charge on any atom is 0.233 e. The Balaban J connectivity index is 1.68. The molecule has 0 N–H and O–H groups in total. The van der Waals surface area contributed by atoms with E-state index in [2.05, 4.69) is 9.97 Å².